The Morgan fingerprint density at radius 1 is 1.38 bits per heavy atom. The molecule has 1 aliphatic heterocycles. The maximum atomic E-state index is 6.05. The summed E-state index contributed by atoms with van der Waals surface area (Å²) >= 11 is 0. The molecule has 0 bridgehead atoms. The molecule has 5 heteroatoms. The predicted octanol–water partition coefficient (Wildman–Crippen LogP) is 2.21. The molecule has 0 radical (unpaired) electrons. The number of benzene rings is 1. The molecule has 2 N–H and O–H groups in total. The lowest BCUT2D eigenvalue weighted by Gasteiger charge is -2.34. The van der Waals surface area contributed by atoms with Gasteiger partial charge in [0.25, 0.3) is 0 Å². The number of hydrogen-bond donors (Lipinski definition) is 1. The van der Waals surface area contributed by atoms with E-state index in [1.165, 1.54) is 0 Å². The molecular formula is C16H22N4O. The molecule has 2 unspecified atom stereocenters. The van der Waals surface area contributed by atoms with E-state index in [-0.39, 0.29) is 0 Å². The quantitative estimate of drug-likeness (QED) is 0.937. The van der Waals surface area contributed by atoms with Crippen molar-refractivity contribution in [2.75, 3.05) is 13.1 Å². The van der Waals surface area contributed by atoms with Crippen LogP contribution in [0, 0.1) is 12.8 Å². The van der Waals surface area contributed by atoms with Gasteiger partial charge >= 0.3 is 0 Å². The monoisotopic (exact) mass is 286 g/mol. The number of aryl methyl sites for hydroxylation is 1. The van der Waals surface area contributed by atoms with Crippen LogP contribution in [0.15, 0.2) is 28.8 Å². The Morgan fingerprint density at radius 3 is 2.95 bits per heavy atom. The Labute approximate surface area is 125 Å². The SMILES string of the molecule is Cc1ccccc1-c1noc(CN2CCC(N)C(C)C2)n1. The van der Waals surface area contributed by atoms with E-state index in [0.717, 1.165) is 30.6 Å². The first-order chi connectivity index (χ1) is 10.1. The zero-order chi connectivity index (χ0) is 14.8. The molecule has 2 aromatic rings. The highest BCUT2D eigenvalue weighted by molar-refractivity contribution is 5.58. The molecular weight excluding hydrogens is 264 g/mol. The molecule has 1 aromatic carbocycles. The van der Waals surface area contributed by atoms with E-state index in [1.54, 1.807) is 0 Å². The molecule has 2 heterocycles. The molecule has 1 aromatic heterocycles. The highest BCUT2D eigenvalue weighted by atomic mass is 16.5. The summed E-state index contributed by atoms with van der Waals surface area (Å²) in [6.45, 7) is 6.94. The van der Waals surface area contributed by atoms with E-state index in [4.69, 9.17) is 10.3 Å². The third-order valence-corrected chi connectivity index (χ3v) is 4.27. The van der Waals surface area contributed by atoms with Crippen molar-refractivity contribution in [1.82, 2.24) is 15.0 Å². The summed E-state index contributed by atoms with van der Waals surface area (Å²) < 4.78 is 5.40. The van der Waals surface area contributed by atoms with Crippen LogP contribution in [0.5, 0.6) is 0 Å². The fourth-order valence-corrected chi connectivity index (χ4v) is 2.84. The van der Waals surface area contributed by atoms with Crippen molar-refractivity contribution < 1.29 is 4.52 Å². The Bertz CT molecular complexity index is 610. The van der Waals surface area contributed by atoms with Gasteiger partial charge < -0.3 is 10.3 Å². The normalized spacial score (nSPS) is 23.4. The van der Waals surface area contributed by atoms with Crippen molar-refractivity contribution in [2.45, 2.75) is 32.9 Å². The Balaban J connectivity index is 1.70. The van der Waals surface area contributed by atoms with Crippen molar-refractivity contribution in [3.8, 4) is 11.4 Å². The summed E-state index contributed by atoms with van der Waals surface area (Å²) in [7, 11) is 0. The summed E-state index contributed by atoms with van der Waals surface area (Å²) in [6.07, 6.45) is 1.03. The minimum atomic E-state index is 0.312. The summed E-state index contributed by atoms with van der Waals surface area (Å²) in [5, 5.41) is 4.11. The fraction of sp³-hybridized carbons (Fsp3) is 0.500. The second-order valence-electron chi connectivity index (χ2n) is 5.99. The van der Waals surface area contributed by atoms with Gasteiger partial charge in [0.15, 0.2) is 0 Å². The van der Waals surface area contributed by atoms with E-state index >= 15 is 0 Å². The van der Waals surface area contributed by atoms with Gasteiger partial charge in [0.05, 0.1) is 6.54 Å². The Kier molecular flexibility index (Phi) is 4.03. The first kappa shape index (κ1) is 14.2. The minimum Gasteiger partial charge on any atom is -0.338 e. The molecule has 0 saturated carbocycles. The predicted molar refractivity (Wildman–Crippen MR) is 81.5 cm³/mol. The molecule has 2 atom stereocenters. The summed E-state index contributed by atoms with van der Waals surface area (Å²) in [5.74, 6) is 1.86. The van der Waals surface area contributed by atoms with Crippen LogP contribution in [-0.4, -0.2) is 34.2 Å². The first-order valence-electron chi connectivity index (χ1n) is 7.50. The van der Waals surface area contributed by atoms with Crippen LogP contribution in [0.3, 0.4) is 0 Å². The molecule has 3 rings (SSSR count). The first-order valence-corrected chi connectivity index (χ1v) is 7.50. The highest BCUT2D eigenvalue weighted by Crippen LogP contribution is 2.21. The number of nitrogens with zero attached hydrogens (tertiary/aromatic N) is 3. The molecule has 21 heavy (non-hydrogen) atoms. The van der Waals surface area contributed by atoms with E-state index in [9.17, 15) is 0 Å². The van der Waals surface area contributed by atoms with Crippen molar-refractivity contribution in [3.05, 3.63) is 35.7 Å². The summed E-state index contributed by atoms with van der Waals surface area (Å²) in [6, 6.07) is 8.39. The highest BCUT2D eigenvalue weighted by Gasteiger charge is 2.24. The number of piperidine rings is 1. The topological polar surface area (TPSA) is 68.2 Å². The number of likely N-dealkylation sites (tertiary alicyclic amines) is 1. The third kappa shape index (κ3) is 3.14. The smallest absolute Gasteiger partial charge is 0.241 e. The average molecular weight is 286 g/mol. The maximum absolute atomic E-state index is 6.05. The molecule has 0 amide bonds. The van der Waals surface area contributed by atoms with Crippen LogP contribution in [0.4, 0.5) is 0 Å². The van der Waals surface area contributed by atoms with Gasteiger partial charge in [0.2, 0.25) is 11.7 Å². The molecule has 0 aliphatic carbocycles. The van der Waals surface area contributed by atoms with Crippen LogP contribution >= 0.6 is 0 Å². The standard InChI is InChI=1S/C16H22N4O/c1-11-5-3-4-6-13(11)16-18-15(21-19-16)10-20-8-7-14(17)12(2)9-20/h3-6,12,14H,7-10,17H2,1-2H3. The van der Waals surface area contributed by atoms with E-state index in [1.807, 2.05) is 18.2 Å². The lowest BCUT2D eigenvalue weighted by atomic mass is 9.95. The van der Waals surface area contributed by atoms with Gasteiger partial charge in [0.1, 0.15) is 0 Å². The second kappa shape index (κ2) is 5.95. The van der Waals surface area contributed by atoms with Gasteiger partial charge in [-0.1, -0.05) is 36.3 Å². The lowest BCUT2D eigenvalue weighted by Crippen LogP contribution is -2.45. The number of aromatic nitrogens is 2. The van der Waals surface area contributed by atoms with Crippen molar-refractivity contribution >= 4 is 0 Å². The van der Waals surface area contributed by atoms with Gasteiger partial charge in [-0.3, -0.25) is 4.90 Å². The number of nitrogens with two attached hydrogens (primary N) is 1. The minimum absolute atomic E-state index is 0.312. The summed E-state index contributed by atoms with van der Waals surface area (Å²) in [5.41, 5.74) is 8.24. The van der Waals surface area contributed by atoms with Gasteiger partial charge in [0, 0.05) is 24.7 Å². The number of rotatable bonds is 3. The van der Waals surface area contributed by atoms with Crippen molar-refractivity contribution in [2.24, 2.45) is 11.7 Å². The molecule has 1 aliphatic rings. The van der Waals surface area contributed by atoms with Crippen LogP contribution in [0.25, 0.3) is 11.4 Å². The van der Waals surface area contributed by atoms with Gasteiger partial charge in [-0.2, -0.15) is 4.98 Å². The maximum Gasteiger partial charge on any atom is 0.241 e. The fourth-order valence-electron chi connectivity index (χ4n) is 2.84. The van der Waals surface area contributed by atoms with E-state index in [2.05, 4.69) is 35.0 Å². The lowest BCUT2D eigenvalue weighted by molar-refractivity contribution is 0.142. The molecule has 5 nitrogen and oxygen atoms in total. The van der Waals surface area contributed by atoms with Crippen LogP contribution in [0.2, 0.25) is 0 Å². The average Bonchev–Trinajstić information content (AvgIpc) is 2.92. The van der Waals surface area contributed by atoms with Crippen molar-refractivity contribution in [3.63, 3.8) is 0 Å². The van der Waals surface area contributed by atoms with Crippen LogP contribution < -0.4 is 5.73 Å². The van der Waals surface area contributed by atoms with Crippen LogP contribution in [-0.2, 0) is 6.54 Å². The molecule has 112 valence electrons. The van der Waals surface area contributed by atoms with Gasteiger partial charge in [-0.05, 0) is 24.8 Å². The zero-order valence-corrected chi connectivity index (χ0v) is 12.6. The van der Waals surface area contributed by atoms with E-state index in [0.29, 0.717) is 30.2 Å². The summed E-state index contributed by atoms with van der Waals surface area (Å²) in [4.78, 5) is 6.87. The van der Waals surface area contributed by atoms with Crippen molar-refractivity contribution in [1.29, 1.82) is 0 Å². The Morgan fingerprint density at radius 2 is 2.19 bits per heavy atom. The van der Waals surface area contributed by atoms with Gasteiger partial charge in [-0.25, -0.2) is 0 Å². The molecule has 0 spiro atoms. The largest absolute Gasteiger partial charge is 0.338 e. The molecule has 1 fully saturated rings. The third-order valence-electron chi connectivity index (χ3n) is 4.27. The van der Waals surface area contributed by atoms with Crippen LogP contribution in [0.1, 0.15) is 24.8 Å². The second-order valence-corrected chi connectivity index (χ2v) is 5.99. The zero-order valence-electron chi connectivity index (χ0n) is 12.6. The Hall–Kier alpha value is -1.72. The molecule has 1 saturated heterocycles. The van der Waals surface area contributed by atoms with Gasteiger partial charge in [-0.15, -0.1) is 0 Å². The number of hydrogen-bond acceptors (Lipinski definition) is 5. The van der Waals surface area contributed by atoms with E-state index < -0.39 is 0 Å².